The van der Waals surface area contributed by atoms with E-state index in [0.29, 0.717) is 5.75 Å². The predicted octanol–water partition coefficient (Wildman–Crippen LogP) is 7.85. The molecule has 0 saturated heterocycles. The van der Waals surface area contributed by atoms with E-state index >= 15 is 0 Å². The van der Waals surface area contributed by atoms with Crippen LogP contribution >= 0.6 is 0 Å². The third-order valence-corrected chi connectivity index (χ3v) is 6.09. The highest BCUT2D eigenvalue weighted by Gasteiger charge is 2.33. The Kier molecular flexibility index (Phi) is 9.07. The van der Waals surface area contributed by atoms with E-state index in [9.17, 15) is 5.11 Å². The monoisotopic (exact) mass is 396 g/mol. The van der Waals surface area contributed by atoms with Crippen LogP contribution in [0.25, 0.3) is 0 Å². The van der Waals surface area contributed by atoms with Crippen LogP contribution < -0.4 is 4.74 Å². The molecule has 0 bridgehead atoms. The molecule has 0 saturated carbocycles. The zero-order valence-electron chi connectivity index (χ0n) is 19.2. The maximum absolute atomic E-state index is 10.0. The number of ether oxygens (including phenoxy) is 1. The fourth-order valence-corrected chi connectivity index (χ4v) is 4.50. The van der Waals surface area contributed by atoms with Crippen molar-refractivity contribution in [3.8, 4) is 11.5 Å². The van der Waals surface area contributed by atoms with Gasteiger partial charge in [-0.3, -0.25) is 0 Å². The smallest absolute Gasteiger partial charge is 0.122 e. The Morgan fingerprint density at radius 2 is 1.38 bits per heavy atom. The first-order chi connectivity index (χ1) is 14.0. The average molecular weight is 397 g/mol. The molecule has 0 atom stereocenters. The minimum absolute atomic E-state index is 0.0215. The van der Waals surface area contributed by atoms with E-state index in [-0.39, 0.29) is 5.41 Å². The Morgan fingerprint density at radius 3 is 1.93 bits per heavy atom. The SMILES string of the molecule is CCCCCCOc1ccc(C(CCC)(CCC)c2ccc(O)c(C)c2)cc1C. The molecule has 0 aliphatic heterocycles. The van der Waals surface area contributed by atoms with Crippen LogP contribution in [0.15, 0.2) is 36.4 Å². The molecule has 2 aromatic carbocycles. The van der Waals surface area contributed by atoms with E-state index in [1.165, 1.54) is 36.0 Å². The summed E-state index contributed by atoms with van der Waals surface area (Å²) < 4.78 is 6.08. The topological polar surface area (TPSA) is 29.5 Å². The summed E-state index contributed by atoms with van der Waals surface area (Å²) in [6, 6.07) is 12.9. The van der Waals surface area contributed by atoms with Crippen molar-refractivity contribution < 1.29 is 9.84 Å². The highest BCUT2D eigenvalue weighted by molar-refractivity contribution is 5.48. The molecular formula is C27H40O2. The van der Waals surface area contributed by atoms with Gasteiger partial charge < -0.3 is 9.84 Å². The molecule has 0 amide bonds. The van der Waals surface area contributed by atoms with Crippen molar-refractivity contribution in [2.75, 3.05) is 6.61 Å². The van der Waals surface area contributed by atoms with Crippen LogP contribution in [0.5, 0.6) is 11.5 Å². The Balaban J connectivity index is 2.35. The van der Waals surface area contributed by atoms with Crippen molar-refractivity contribution in [1.82, 2.24) is 0 Å². The second-order valence-corrected chi connectivity index (χ2v) is 8.47. The molecule has 0 spiro atoms. The van der Waals surface area contributed by atoms with Gasteiger partial charge in [-0.25, -0.2) is 0 Å². The zero-order valence-corrected chi connectivity index (χ0v) is 19.2. The third-order valence-electron chi connectivity index (χ3n) is 6.09. The van der Waals surface area contributed by atoms with Crippen molar-refractivity contribution in [2.45, 2.75) is 91.4 Å². The Hall–Kier alpha value is -1.96. The van der Waals surface area contributed by atoms with Crippen molar-refractivity contribution in [3.63, 3.8) is 0 Å². The lowest BCUT2D eigenvalue weighted by Gasteiger charge is -2.36. The number of aryl methyl sites for hydroxylation is 2. The summed E-state index contributed by atoms with van der Waals surface area (Å²) >= 11 is 0. The summed E-state index contributed by atoms with van der Waals surface area (Å²) in [5.74, 6) is 1.38. The van der Waals surface area contributed by atoms with Gasteiger partial charge in [0.1, 0.15) is 11.5 Å². The molecule has 29 heavy (non-hydrogen) atoms. The molecule has 0 aliphatic rings. The number of aromatic hydroxyl groups is 1. The number of hydrogen-bond donors (Lipinski definition) is 1. The fourth-order valence-electron chi connectivity index (χ4n) is 4.50. The van der Waals surface area contributed by atoms with Gasteiger partial charge in [0.15, 0.2) is 0 Å². The van der Waals surface area contributed by atoms with E-state index in [2.05, 4.69) is 58.0 Å². The van der Waals surface area contributed by atoms with Gasteiger partial charge >= 0.3 is 0 Å². The van der Waals surface area contributed by atoms with E-state index in [1.807, 2.05) is 13.0 Å². The van der Waals surface area contributed by atoms with Crippen molar-refractivity contribution in [1.29, 1.82) is 0 Å². The van der Waals surface area contributed by atoms with Gasteiger partial charge in [0.25, 0.3) is 0 Å². The predicted molar refractivity (Wildman–Crippen MR) is 124 cm³/mol. The number of benzene rings is 2. The maximum atomic E-state index is 10.0. The molecule has 2 aromatic rings. The number of hydrogen-bond acceptors (Lipinski definition) is 2. The van der Waals surface area contributed by atoms with E-state index < -0.39 is 0 Å². The van der Waals surface area contributed by atoms with Gasteiger partial charge in [0.05, 0.1) is 6.61 Å². The molecule has 0 unspecified atom stereocenters. The highest BCUT2D eigenvalue weighted by atomic mass is 16.5. The van der Waals surface area contributed by atoms with Crippen LogP contribution in [0.3, 0.4) is 0 Å². The van der Waals surface area contributed by atoms with Gasteiger partial charge in [-0.1, -0.05) is 77.1 Å². The van der Waals surface area contributed by atoms with Gasteiger partial charge in [0, 0.05) is 5.41 Å². The quantitative estimate of drug-likeness (QED) is 0.370. The lowest BCUT2D eigenvalue weighted by molar-refractivity contribution is 0.302. The number of unbranched alkanes of at least 4 members (excludes halogenated alkanes) is 3. The minimum atomic E-state index is -0.0215. The van der Waals surface area contributed by atoms with Crippen LogP contribution in [-0.4, -0.2) is 11.7 Å². The van der Waals surface area contributed by atoms with Gasteiger partial charge in [-0.2, -0.15) is 0 Å². The first-order valence-corrected chi connectivity index (χ1v) is 11.5. The lowest BCUT2D eigenvalue weighted by atomic mass is 9.68. The molecule has 0 radical (unpaired) electrons. The van der Waals surface area contributed by atoms with Crippen molar-refractivity contribution in [3.05, 3.63) is 58.7 Å². The normalized spacial score (nSPS) is 11.6. The summed E-state index contributed by atoms with van der Waals surface area (Å²) in [5.41, 5.74) is 4.81. The molecule has 160 valence electrons. The van der Waals surface area contributed by atoms with Crippen LogP contribution in [0.4, 0.5) is 0 Å². The molecule has 2 rings (SSSR count). The summed E-state index contributed by atoms with van der Waals surface area (Å²) in [6.07, 6.45) is 9.33. The number of phenolic OH excluding ortho intramolecular Hbond substituents is 1. The molecular weight excluding hydrogens is 356 g/mol. The fraction of sp³-hybridized carbons (Fsp3) is 0.556. The molecule has 0 fully saturated rings. The first-order valence-electron chi connectivity index (χ1n) is 11.5. The van der Waals surface area contributed by atoms with Crippen LogP contribution in [-0.2, 0) is 5.41 Å². The molecule has 2 nitrogen and oxygen atoms in total. The number of phenols is 1. The van der Waals surface area contributed by atoms with Gasteiger partial charge in [-0.05, 0) is 67.5 Å². The van der Waals surface area contributed by atoms with Crippen LogP contribution in [0.1, 0.15) is 94.4 Å². The Bertz CT molecular complexity index is 757. The maximum Gasteiger partial charge on any atom is 0.122 e. The van der Waals surface area contributed by atoms with Crippen LogP contribution in [0.2, 0.25) is 0 Å². The highest BCUT2D eigenvalue weighted by Crippen LogP contribution is 2.43. The summed E-state index contributed by atoms with van der Waals surface area (Å²) in [5, 5.41) is 10.0. The lowest BCUT2D eigenvalue weighted by Crippen LogP contribution is -2.28. The minimum Gasteiger partial charge on any atom is -0.508 e. The van der Waals surface area contributed by atoms with Gasteiger partial charge in [-0.15, -0.1) is 0 Å². The van der Waals surface area contributed by atoms with Crippen molar-refractivity contribution >= 4 is 0 Å². The standard InChI is InChI=1S/C27H40O2/c1-6-9-10-11-18-29-26-15-13-24(20-22(26)5)27(16-7-2,17-8-3)23-12-14-25(28)21(4)19-23/h12-15,19-20,28H,6-11,16-18H2,1-5H3. The van der Waals surface area contributed by atoms with E-state index in [1.54, 1.807) is 0 Å². The molecule has 1 N–H and O–H groups in total. The second-order valence-electron chi connectivity index (χ2n) is 8.47. The molecule has 0 aromatic heterocycles. The second kappa shape index (κ2) is 11.3. The Labute approximate surface area is 178 Å². The van der Waals surface area contributed by atoms with Crippen molar-refractivity contribution in [2.24, 2.45) is 0 Å². The summed E-state index contributed by atoms with van der Waals surface area (Å²) in [7, 11) is 0. The summed E-state index contributed by atoms with van der Waals surface area (Å²) in [4.78, 5) is 0. The largest absolute Gasteiger partial charge is 0.508 e. The van der Waals surface area contributed by atoms with Crippen LogP contribution in [0, 0.1) is 13.8 Å². The van der Waals surface area contributed by atoms with E-state index in [4.69, 9.17) is 4.74 Å². The van der Waals surface area contributed by atoms with E-state index in [0.717, 1.165) is 50.0 Å². The molecule has 0 heterocycles. The van der Waals surface area contributed by atoms with Gasteiger partial charge in [0.2, 0.25) is 0 Å². The zero-order chi connectivity index (χ0) is 21.3. The molecule has 0 aliphatic carbocycles. The summed E-state index contributed by atoms with van der Waals surface area (Å²) in [6.45, 7) is 11.7. The molecule has 2 heteroatoms. The Morgan fingerprint density at radius 1 is 0.759 bits per heavy atom. The first kappa shape index (κ1) is 23.3. The number of rotatable bonds is 12. The average Bonchev–Trinajstić information content (AvgIpc) is 2.70. The third kappa shape index (κ3) is 5.78.